The van der Waals surface area contributed by atoms with E-state index in [1.54, 1.807) is 13.8 Å². The van der Waals surface area contributed by atoms with Gasteiger partial charge in [-0.2, -0.15) is 0 Å². The van der Waals surface area contributed by atoms with Crippen LogP contribution < -0.4 is 0 Å². The molecule has 0 rings (SSSR count). The number of hydrogen-bond acceptors (Lipinski definition) is 6. The average molecular weight is 187 g/mol. The van der Waals surface area contributed by atoms with Gasteiger partial charge < -0.3 is 14.9 Å². The third-order valence-corrected chi connectivity index (χ3v) is 1.25. The molecule has 0 aromatic heterocycles. The molecule has 6 heteroatoms. The van der Waals surface area contributed by atoms with Crippen molar-refractivity contribution in [3.05, 3.63) is 0 Å². The highest BCUT2D eigenvalue weighted by molar-refractivity contribution is 6.67. The Morgan fingerprint density at radius 2 is 1.54 bits per heavy atom. The van der Waals surface area contributed by atoms with Gasteiger partial charge in [-0.05, 0) is 13.8 Å². The summed E-state index contributed by atoms with van der Waals surface area (Å²) in [7, 11) is 2.81. The molecule has 0 aliphatic rings. The van der Waals surface area contributed by atoms with Gasteiger partial charge in [0, 0.05) is 0 Å². The van der Waals surface area contributed by atoms with Crippen LogP contribution in [-0.2, 0) is 9.68 Å². The molecule has 0 aromatic carbocycles. The smallest absolute Gasteiger partial charge is 0.151 e. The summed E-state index contributed by atoms with van der Waals surface area (Å²) in [5.74, 6) is 0. The van der Waals surface area contributed by atoms with Crippen LogP contribution in [0.25, 0.3) is 0 Å². The van der Waals surface area contributed by atoms with E-state index in [2.05, 4.69) is 25.1 Å². The topological polar surface area (TPSA) is 75.8 Å². The fraction of sp³-hybridized carbons (Fsp3) is 0.571. The first-order valence-electron chi connectivity index (χ1n) is 3.55. The minimum absolute atomic E-state index is 0.306. The van der Waals surface area contributed by atoms with E-state index in [0.29, 0.717) is 17.1 Å². The maximum absolute atomic E-state index is 8.50. The summed E-state index contributed by atoms with van der Waals surface area (Å²) in [5, 5.41) is 18.7. The van der Waals surface area contributed by atoms with Crippen LogP contribution in [0.2, 0.25) is 0 Å². The van der Waals surface area contributed by atoms with Crippen LogP contribution in [0.3, 0.4) is 0 Å². The maximum Gasteiger partial charge on any atom is 0.151 e. The molecular weight excluding hydrogens is 174 g/mol. The number of oxime groups is 3. The van der Waals surface area contributed by atoms with E-state index in [1.165, 1.54) is 14.2 Å². The van der Waals surface area contributed by atoms with E-state index in [9.17, 15) is 0 Å². The molecule has 1 N–H and O–H groups in total. The number of nitrogens with zero attached hydrogens (tertiary/aromatic N) is 3. The lowest BCUT2D eigenvalue weighted by Gasteiger charge is -2.01. The van der Waals surface area contributed by atoms with Crippen LogP contribution in [0, 0.1) is 0 Å². The zero-order valence-electron chi connectivity index (χ0n) is 8.11. The Hall–Kier alpha value is -1.59. The molecule has 0 amide bonds. The second-order valence-electron chi connectivity index (χ2n) is 2.17. The van der Waals surface area contributed by atoms with E-state index in [0.717, 1.165) is 0 Å². The van der Waals surface area contributed by atoms with Crippen LogP contribution in [0.1, 0.15) is 13.8 Å². The highest BCUT2D eigenvalue weighted by atomic mass is 16.6. The van der Waals surface area contributed by atoms with E-state index in [1.807, 2.05) is 0 Å². The van der Waals surface area contributed by atoms with Crippen LogP contribution in [0.4, 0.5) is 0 Å². The SMILES string of the molecule is CO\N=C(C)/C(=N/OC)C(/C)=N\O. The number of rotatable bonds is 4. The second kappa shape index (κ2) is 5.99. The monoisotopic (exact) mass is 187 g/mol. The van der Waals surface area contributed by atoms with Crippen molar-refractivity contribution in [3.63, 3.8) is 0 Å². The van der Waals surface area contributed by atoms with Crippen molar-refractivity contribution in [2.45, 2.75) is 13.8 Å². The zero-order valence-corrected chi connectivity index (χ0v) is 8.11. The highest BCUT2D eigenvalue weighted by Crippen LogP contribution is 1.91. The molecule has 0 aliphatic carbocycles. The molecule has 0 fully saturated rings. The van der Waals surface area contributed by atoms with Crippen molar-refractivity contribution in [2.75, 3.05) is 14.2 Å². The summed E-state index contributed by atoms with van der Waals surface area (Å²) in [5.41, 5.74) is 1.12. The Bertz CT molecular complexity index is 245. The summed E-state index contributed by atoms with van der Waals surface area (Å²) >= 11 is 0. The van der Waals surface area contributed by atoms with Crippen molar-refractivity contribution in [3.8, 4) is 0 Å². The first-order chi connectivity index (χ1) is 6.17. The van der Waals surface area contributed by atoms with Gasteiger partial charge in [0.15, 0.2) is 5.71 Å². The number of hydrogen-bond donors (Lipinski definition) is 1. The third-order valence-electron chi connectivity index (χ3n) is 1.25. The normalized spacial score (nSPS) is 14.3. The van der Waals surface area contributed by atoms with E-state index < -0.39 is 0 Å². The highest BCUT2D eigenvalue weighted by Gasteiger charge is 2.10. The maximum atomic E-state index is 8.50. The summed E-state index contributed by atoms with van der Waals surface area (Å²) in [6, 6.07) is 0. The zero-order chi connectivity index (χ0) is 10.3. The Labute approximate surface area is 76.5 Å². The Balaban J connectivity index is 4.83. The molecule has 0 saturated heterocycles. The fourth-order valence-corrected chi connectivity index (χ4v) is 0.713. The molecule has 0 spiro atoms. The molecule has 0 aromatic rings. The second-order valence-corrected chi connectivity index (χ2v) is 2.17. The van der Waals surface area contributed by atoms with E-state index >= 15 is 0 Å². The first-order valence-corrected chi connectivity index (χ1v) is 3.55. The lowest BCUT2D eigenvalue weighted by molar-refractivity contribution is 0.210. The molecule has 0 bridgehead atoms. The Morgan fingerprint density at radius 1 is 1.00 bits per heavy atom. The van der Waals surface area contributed by atoms with Crippen molar-refractivity contribution >= 4 is 17.1 Å². The van der Waals surface area contributed by atoms with Gasteiger partial charge in [0.2, 0.25) is 0 Å². The molecule has 0 radical (unpaired) electrons. The lowest BCUT2D eigenvalue weighted by atomic mass is 10.2. The van der Waals surface area contributed by atoms with Crippen LogP contribution in [-0.4, -0.2) is 36.6 Å². The molecule has 0 heterocycles. The molecule has 13 heavy (non-hydrogen) atoms. The van der Waals surface area contributed by atoms with Gasteiger partial charge >= 0.3 is 0 Å². The van der Waals surface area contributed by atoms with Crippen molar-refractivity contribution in [2.24, 2.45) is 15.5 Å². The largest absolute Gasteiger partial charge is 0.411 e. The van der Waals surface area contributed by atoms with Crippen LogP contribution >= 0.6 is 0 Å². The van der Waals surface area contributed by atoms with Crippen molar-refractivity contribution in [1.29, 1.82) is 0 Å². The molecular formula is C7H13N3O3. The van der Waals surface area contributed by atoms with Gasteiger partial charge in [-0.3, -0.25) is 0 Å². The van der Waals surface area contributed by atoms with Crippen molar-refractivity contribution in [1.82, 2.24) is 0 Å². The van der Waals surface area contributed by atoms with Gasteiger partial charge in [0.1, 0.15) is 25.6 Å². The summed E-state index contributed by atoms with van der Waals surface area (Å²) in [6.07, 6.45) is 0. The lowest BCUT2D eigenvalue weighted by Crippen LogP contribution is -2.20. The molecule has 0 unspecified atom stereocenters. The van der Waals surface area contributed by atoms with E-state index in [4.69, 9.17) is 5.21 Å². The van der Waals surface area contributed by atoms with E-state index in [-0.39, 0.29) is 0 Å². The summed E-state index contributed by atoms with van der Waals surface area (Å²) < 4.78 is 0. The molecule has 6 nitrogen and oxygen atoms in total. The standard InChI is InChI=1S/C7H13N3O3/c1-5(8-11)7(10-13-4)6(2)9-12-3/h11H,1-4H3/b8-5-,9-6-,10-7+. The average Bonchev–Trinajstić information content (AvgIpc) is 2.13. The molecule has 0 saturated carbocycles. The van der Waals surface area contributed by atoms with Gasteiger partial charge in [-0.25, -0.2) is 0 Å². The summed E-state index contributed by atoms with van der Waals surface area (Å²) in [4.78, 5) is 9.09. The molecule has 74 valence electrons. The predicted molar refractivity (Wildman–Crippen MR) is 49.5 cm³/mol. The Morgan fingerprint density at radius 3 is 1.92 bits per heavy atom. The predicted octanol–water partition coefficient (Wildman–Crippen LogP) is 0.861. The van der Waals surface area contributed by atoms with Gasteiger partial charge in [-0.1, -0.05) is 15.5 Å². The van der Waals surface area contributed by atoms with Crippen LogP contribution in [0.15, 0.2) is 15.5 Å². The fourth-order valence-electron chi connectivity index (χ4n) is 0.713. The van der Waals surface area contributed by atoms with Gasteiger partial charge in [-0.15, -0.1) is 0 Å². The van der Waals surface area contributed by atoms with Gasteiger partial charge in [0.25, 0.3) is 0 Å². The minimum Gasteiger partial charge on any atom is -0.411 e. The minimum atomic E-state index is 0.306. The Kier molecular flexibility index (Phi) is 5.25. The van der Waals surface area contributed by atoms with Crippen LogP contribution in [0.5, 0.6) is 0 Å². The first kappa shape index (κ1) is 11.4. The summed E-state index contributed by atoms with van der Waals surface area (Å²) in [6.45, 7) is 3.24. The molecule has 0 atom stereocenters. The quantitative estimate of drug-likeness (QED) is 0.403. The van der Waals surface area contributed by atoms with Crippen molar-refractivity contribution < 1.29 is 14.9 Å². The van der Waals surface area contributed by atoms with Gasteiger partial charge in [0.05, 0.1) is 0 Å². The molecule has 0 aliphatic heterocycles. The third kappa shape index (κ3) is 3.55.